The minimum absolute atomic E-state index is 0.0497. The number of halogens is 3. The van der Waals surface area contributed by atoms with Gasteiger partial charge in [0, 0.05) is 10.9 Å². The molecule has 0 atom stereocenters. The zero-order chi connectivity index (χ0) is 17.6. The molecule has 0 amide bonds. The maximum absolute atomic E-state index is 14.3. The van der Waals surface area contributed by atoms with Gasteiger partial charge in [0.05, 0.1) is 23.9 Å². The van der Waals surface area contributed by atoms with Crippen LogP contribution in [0.25, 0.3) is 0 Å². The molecule has 0 bridgehead atoms. The maximum Gasteiger partial charge on any atom is 0.495 e. The Morgan fingerprint density at radius 3 is 2.17 bits per heavy atom. The number of benzene rings is 1. The summed E-state index contributed by atoms with van der Waals surface area (Å²) in [5.74, 6) is -3.32. The number of carbonyl (C=O) groups is 1. The van der Waals surface area contributed by atoms with E-state index >= 15 is 0 Å². The first kappa shape index (κ1) is 18.4. The maximum atomic E-state index is 14.3. The van der Waals surface area contributed by atoms with Crippen molar-refractivity contribution in [3.05, 3.63) is 28.8 Å². The first-order valence-corrected chi connectivity index (χ1v) is 8.18. The number of ether oxygens (including phenoxy) is 1. The highest BCUT2D eigenvalue weighted by molar-refractivity contribution is 9.08. The van der Waals surface area contributed by atoms with Crippen LogP contribution in [-0.2, 0) is 19.4 Å². The first-order chi connectivity index (χ1) is 10.6. The Morgan fingerprint density at radius 1 is 1.22 bits per heavy atom. The third-order valence-electron chi connectivity index (χ3n) is 4.39. The predicted octanol–water partition coefficient (Wildman–Crippen LogP) is 2.95. The topological polar surface area (TPSA) is 44.8 Å². The van der Waals surface area contributed by atoms with Crippen LogP contribution in [0.4, 0.5) is 8.78 Å². The molecule has 0 saturated carbocycles. The lowest BCUT2D eigenvalue weighted by Crippen LogP contribution is -2.41. The standard InChI is InChI=1S/C15H18BBrF2O4/c1-14(2)15(3,4)23-16(22-14)10-6-8(13(20)21-5)11(18)12(19)9(10)7-17/h6H,7H2,1-5H3. The molecule has 2 rings (SSSR count). The van der Waals surface area contributed by atoms with Gasteiger partial charge in [-0.05, 0) is 39.2 Å². The molecule has 0 unspecified atom stereocenters. The molecular formula is C15H18BBrF2O4. The van der Waals surface area contributed by atoms with Crippen molar-refractivity contribution in [3.63, 3.8) is 0 Å². The highest BCUT2D eigenvalue weighted by Crippen LogP contribution is 2.37. The van der Waals surface area contributed by atoms with Gasteiger partial charge in [0.1, 0.15) is 0 Å². The van der Waals surface area contributed by atoms with Crippen LogP contribution >= 0.6 is 15.9 Å². The van der Waals surface area contributed by atoms with Crippen molar-refractivity contribution in [2.24, 2.45) is 0 Å². The lowest BCUT2D eigenvalue weighted by Gasteiger charge is -2.32. The number of hydrogen-bond acceptors (Lipinski definition) is 4. The third-order valence-corrected chi connectivity index (χ3v) is 4.95. The SMILES string of the molecule is COC(=O)c1cc(B2OC(C)(C)C(C)(C)O2)c(CBr)c(F)c1F. The predicted molar refractivity (Wildman–Crippen MR) is 86.0 cm³/mol. The Morgan fingerprint density at radius 2 is 1.74 bits per heavy atom. The Labute approximate surface area is 142 Å². The Hall–Kier alpha value is -0.985. The van der Waals surface area contributed by atoms with Crippen molar-refractivity contribution in [3.8, 4) is 0 Å². The molecule has 23 heavy (non-hydrogen) atoms. The summed E-state index contributed by atoms with van der Waals surface area (Å²) >= 11 is 3.14. The second-order valence-corrected chi connectivity index (χ2v) is 6.89. The van der Waals surface area contributed by atoms with Crippen molar-refractivity contribution in [2.75, 3.05) is 7.11 Å². The molecule has 0 radical (unpaired) electrons. The van der Waals surface area contributed by atoms with Gasteiger partial charge in [-0.1, -0.05) is 15.9 Å². The summed E-state index contributed by atoms with van der Waals surface area (Å²) in [6.07, 6.45) is 0. The highest BCUT2D eigenvalue weighted by atomic mass is 79.9. The number of alkyl halides is 1. The van der Waals surface area contributed by atoms with Gasteiger partial charge in [-0.2, -0.15) is 0 Å². The van der Waals surface area contributed by atoms with Gasteiger partial charge < -0.3 is 14.0 Å². The minimum atomic E-state index is -1.24. The van der Waals surface area contributed by atoms with Gasteiger partial charge >= 0.3 is 13.1 Å². The zero-order valence-corrected chi connectivity index (χ0v) is 15.2. The third kappa shape index (κ3) is 3.04. The molecule has 1 heterocycles. The van der Waals surface area contributed by atoms with Crippen LogP contribution in [0.3, 0.4) is 0 Å². The lowest BCUT2D eigenvalue weighted by atomic mass is 9.75. The molecule has 0 spiro atoms. The molecule has 8 heteroatoms. The van der Waals surface area contributed by atoms with Crippen LogP contribution < -0.4 is 5.46 Å². The second kappa shape index (κ2) is 6.14. The van der Waals surface area contributed by atoms with E-state index in [1.54, 1.807) is 0 Å². The van der Waals surface area contributed by atoms with E-state index < -0.39 is 41.5 Å². The summed E-state index contributed by atoms with van der Waals surface area (Å²) in [5, 5.41) is 0.0522. The van der Waals surface area contributed by atoms with Gasteiger partial charge in [0.25, 0.3) is 0 Å². The second-order valence-electron chi connectivity index (χ2n) is 6.33. The van der Waals surface area contributed by atoms with Gasteiger partial charge in [0.2, 0.25) is 0 Å². The zero-order valence-electron chi connectivity index (χ0n) is 13.6. The Bertz CT molecular complexity index is 633. The van der Waals surface area contributed by atoms with E-state index in [9.17, 15) is 13.6 Å². The number of carbonyl (C=O) groups excluding carboxylic acids is 1. The number of esters is 1. The van der Waals surface area contributed by atoms with Crippen molar-refractivity contribution in [2.45, 2.75) is 44.2 Å². The molecule has 0 aromatic heterocycles. The van der Waals surface area contributed by atoms with Crippen LogP contribution in [0.1, 0.15) is 43.6 Å². The van der Waals surface area contributed by atoms with Gasteiger partial charge in [-0.25, -0.2) is 13.6 Å². The quantitative estimate of drug-likeness (QED) is 0.452. The fourth-order valence-electron chi connectivity index (χ4n) is 2.26. The fourth-order valence-corrected chi connectivity index (χ4v) is 2.83. The molecule has 4 nitrogen and oxygen atoms in total. The van der Waals surface area contributed by atoms with Crippen LogP contribution in [0.2, 0.25) is 0 Å². The average Bonchev–Trinajstić information content (AvgIpc) is 2.69. The largest absolute Gasteiger partial charge is 0.495 e. The molecule has 1 aromatic rings. The van der Waals surface area contributed by atoms with Crippen LogP contribution in [0.15, 0.2) is 6.07 Å². The monoisotopic (exact) mass is 390 g/mol. The molecular weight excluding hydrogens is 373 g/mol. The summed E-state index contributed by atoms with van der Waals surface area (Å²) in [7, 11) is 0.193. The van der Waals surface area contributed by atoms with Crippen LogP contribution in [0, 0.1) is 11.6 Å². The first-order valence-electron chi connectivity index (χ1n) is 7.06. The van der Waals surface area contributed by atoms with E-state index in [0.29, 0.717) is 0 Å². The molecule has 1 saturated heterocycles. The van der Waals surface area contributed by atoms with Crippen LogP contribution in [-0.4, -0.2) is 31.4 Å². The summed E-state index contributed by atoms with van der Waals surface area (Å²) in [4.78, 5) is 11.7. The molecule has 0 aliphatic carbocycles. The van der Waals surface area contributed by atoms with E-state index in [0.717, 1.165) is 7.11 Å². The molecule has 1 aromatic carbocycles. The van der Waals surface area contributed by atoms with Gasteiger partial charge in [0.15, 0.2) is 11.6 Å². The van der Waals surface area contributed by atoms with E-state index in [4.69, 9.17) is 9.31 Å². The average molecular weight is 391 g/mol. The molecule has 1 aliphatic heterocycles. The van der Waals surface area contributed by atoms with E-state index in [2.05, 4.69) is 20.7 Å². The molecule has 1 aliphatic rings. The van der Waals surface area contributed by atoms with Crippen molar-refractivity contribution < 1.29 is 27.6 Å². The van der Waals surface area contributed by atoms with Crippen molar-refractivity contribution in [1.82, 2.24) is 0 Å². The Balaban J connectivity index is 2.59. The fraction of sp³-hybridized carbons (Fsp3) is 0.533. The number of rotatable bonds is 3. The minimum Gasteiger partial charge on any atom is -0.465 e. The Kier molecular flexibility index (Phi) is 4.90. The van der Waals surface area contributed by atoms with Gasteiger partial charge in [-0.15, -0.1) is 0 Å². The summed E-state index contributed by atoms with van der Waals surface area (Å²) < 4.78 is 44.7. The van der Waals surface area contributed by atoms with Crippen molar-refractivity contribution in [1.29, 1.82) is 0 Å². The van der Waals surface area contributed by atoms with E-state index in [-0.39, 0.29) is 16.4 Å². The lowest BCUT2D eigenvalue weighted by molar-refractivity contribution is 0.00578. The van der Waals surface area contributed by atoms with E-state index in [1.807, 2.05) is 27.7 Å². The summed E-state index contributed by atoms with van der Waals surface area (Å²) in [6, 6.07) is 1.23. The van der Waals surface area contributed by atoms with E-state index in [1.165, 1.54) is 6.07 Å². The molecule has 0 N–H and O–H groups in total. The molecule has 126 valence electrons. The summed E-state index contributed by atoms with van der Waals surface area (Å²) in [6.45, 7) is 7.40. The van der Waals surface area contributed by atoms with Crippen LogP contribution in [0.5, 0.6) is 0 Å². The number of methoxy groups -OCH3 is 1. The van der Waals surface area contributed by atoms with Crippen molar-refractivity contribution >= 4 is 34.5 Å². The normalized spacial score (nSPS) is 19.0. The molecule has 1 fully saturated rings. The smallest absolute Gasteiger partial charge is 0.465 e. The van der Waals surface area contributed by atoms with Gasteiger partial charge in [-0.3, -0.25) is 0 Å². The highest BCUT2D eigenvalue weighted by Gasteiger charge is 2.52. The summed E-state index contributed by atoms with van der Waals surface area (Å²) in [5.41, 5.74) is -1.46. The number of hydrogen-bond donors (Lipinski definition) is 0.